The lowest BCUT2D eigenvalue weighted by molar-refractivity contribution is -0.140. The Morgan fingerprint density at radius 2 is 1.45 bits per heavy atom. The molecule has 0 bridgehead atoms. The zero-order valence-electron chi connectivity index (χ0n) is 26.3. The zero-order valence-corrected chi connectivity index (χ0v) is 26.3. The van der Waals surface area contributed by atoms with E-state index in [2.05, 4.69) is 32.7 Å². The van der Waals surface area contributed by atoms with E-state index < -0.39 is 47.5 Å². The fraction of sp³-hybridized carbons (Fsp3) is 0.594. The van der Waals surface area contributed by atoms with E-state index >= 15 is 0 Å². The van der Waals surface area contributed by atoms with E-state index in [0.29, 0.717) is 0 Å². The number of ketones is 1. The van der Waals surface area contributed by atoms with Gasteiger partial charge in [0.15, 0.2) is 0 Å². The molecule has 4 N–H and O–H groups in total. The van der Waals surface area contributed by atoms with Gasteiger partial charge < -0.3 is 26.2 Å². The molecule has 1 aliphatic rings. The third-order valence-electron chi connectivity index (χ3n) is 7.02. The number of rotatable bonds is 12. The first-order valence-corrected chi connectivity index (χ1v) is 14.7. The molecule has 0 aliphatic carbocycles. The second-order valence-corrected chi connectivity index (χ2v) is 13.3. The summed E-state index contributed by atoms with van der Waals surface area (Å²) >= 11 is 0. The summed E-state index contributed by atoms with van der Waals surface area (Å²) < 4.78 is 0. The number of piperidine rings is 1. The predicted octanol–water partition coefficient (Wildman–Crippen LogP) is 2.92. The van der Waals surface area contributed by atoms with Crippen LogP contribution in [0.5, 0.6) is 0 Å². The monoisotopic (exact) mass is 583 g/mol. The molecule has 0 radical (unpaired) electrons. The number of hydrogen-bond acceptors (Lipinski definition) is 6. The van der Waals surface area contributed by atoms with Crippen LogP contribution >= 0.6 is 0 Å². The van der Waals surface area contributed by atoms with Crippen LogP contribution in [0.15, 0.2) is 30.8 Å². The van der Waals surface area contributed by atoms with Crippen molar-refractivity contribution in [3.8, 4) is 0 Å². The highest BCUT2D eigenvalue weighted by atomic mass is 16.2. The Hall–Kier alpha value is -3.69. The van der Waals surface area contributed by atoms with Gasteiger partial charge in [-0.15, -0.1) is 0 Å². The molecule has 2 unspecified atom stereocenters. The van der Waals surface area contributed by atoms with Crippen molar-refractivity contribution in [1.29, 1.82) is 0 Å². The molecule has 1 saturated heterocycles. The molecule has 42 heavy (non-hydrogen) atoms. The topological polar surface area (TPSA) is 137 Å². The van der Waals surface area contributed by atoms with E-state index in [4.69, 9.17) is 0 Å². The van der Waals surface area contributed by atoms with Gasteiger partial charge in [-0.1, -0.05) is 72.4 Å². The second kappa shape index (κ2) is 15.0. The standard InChI is InChI=1S/C32H49N5O5/c1-21(35-26(39)20-34-30(42)28(32(6,7)8)36-25(38)18-31(3,4)5)27(40)29(41)33-19-23-12-14-24(15-13-23)22(2)37-16-10-9-11-17-37/h12-15,21,28H,2,9-11,16-20H2,1,3-8H3,(H,33,41)(H,34,42)(H,35,39)(H,36,38). The molecule has 1 heterocycles. The number of benzene rings is 1. The number of carbonyl (C=O) groups excluding carboxylic acids is 5. The van der Waals surface area contributed by atoms with Crippen LogP contribution in [0, 0.1) is 10.8 Å². The lowest BCUT2D eigenvalue weighted by Gasteiger charge is -2.31. The maximum Gasteiger partial charge on any atom is 0.289 e. The molecule has 2 atom stereocenters. The van der Waals surface area contributed by atoms with E-state index in [1.54, 1.807) is 0 Å². The molecule has 232 valence electrons. The molecule has 1 aromatic rings. The van der Waals surface area contributed by atoms with Crippen molar-refractivity contribution >= 4 is 35.1 Å². The largest absolute Gasteiger partial charge is 0.372 e. The summed E-state index contributed by atoms with van der Waals surface area (Å²) in [4.78, 5) is 65.0. The van der Waals surface area contributed by atoms with Gasteiger partial charge in [-0.05, 0) is 48.1 Å². The molecule has 10 heteroatoms. The molecule has 1 aromatic carbocycles. The van der Waals surface area contributed by atoms with E-state index in [-0.39, 0.29) is 24.3 Å². The summed E-state index contributed by atoms with van der Waals surface area (Å²) in [5, 5.41) is 10.3. The van der Waals surface area contributed by atoms with Gasteiger partial charge >= 0.3 is 0 Å². The summed E-state index contributed by atoms with van der Waals surface area (Å²) in [5.41, 5.74) is 1.99. The predicted molar refractivity (Wildman–Crippen MR) is 164 cm³/mol. The molecule has 2 rings (SSSR count). The number of likely N-dealkylation sites (tertiary alicyclic amines) is 1. The fourth-order valence-electron chi connectivity index (χ4n) is 4.62. The van der Waals surface area contributed by atoms with Crippen LogP contribution in [0.25, 0.3) is 5.70 Å². The first-order chi connectivity index (χ1) is 19.5. The van der Waals surface area contributed by atoms with Gasteiger partial charge in [-0.25, -0.2) is 0 Å². The first-order valence-electron chi connectivity index (χ1n) is 14.7. The Bertz CT molecular complexity index is 1140. The number of hydrogen-bond donors (Lipinski definition) is 4. The number of nitrogens with zero attached hydrogens (tertiary/aromatic N) is 1. The Morgan fingerprint density at radius 3 is 2.00 bits per heavy atom. The Kier molecular flexibility index (Phi) is 12.3. The van der Waals surface area contributed by atoms with E-state index in [9.17, 15) is 24.0 Å². The smallest absolute Gasteiger partial charge is 0.289 e. The minimum atomic E-state index is -1.09. The number of carbonyl (C=O) groups is 5. The molecule has 1 fully saturated rings. The van der Waals surface area contributed by atoms with Crippen molar-refractivity contribution in [3.63, 3.8) is 0 Å². The van der Waals surface area contributed by atoms with Crippen molar-refractivity contribution in [3.05, 3.63) is 42.0 Å². The normalized spacial score (nSPS) is 15.2. The maximum atomic E-state index is 12.8. The molecular formula is C32H49N5O5. The zero-order chi connectivity index (χ0) is 31.7. The van der Waals surface area contributed by atoms with E-state index in [1.165, 1.54) is 26.2 Å². The minimum absolute atomic E-state index is 0.160. The molecule has 0 saturated carbocycles. The quantitative estimate of drug-likeness (QED) is 0.279. The Labute approximate surface area is 250 Å². The summed E-state index contributed by atoms with van der Waals surface area (Å²) in [6.07, 6.45) is 3.82. The molecule has 0 spiro atoms. The van der Waals surface area contributed by atoms with Crippen LogP contribution in [0.1, 0.15) is 85.3 Å². The van der Waals surface area contributed by atoms with Gasteiger partial charge in [0.05, 0.1) is 12.6 Å². The van der Waals surface area contributed by atoms with E-state index in [0.717, 1.165) is 29.9 Å². The van der Waals surface area contributed by atoms with Crippen LogP contribution in [0.3, 0.4) is 0 Å². The van der Waals surface area contributed by atoms with Crippen LogP contribution < -0.4 is 21.3 Å². The van der Waals surface area contributed by atoms with Gasteiger partial charge in [0.25, 0.3) is 5.91 Å². The number of nitrogens with one attached hydrogen (secondary N) is 4. The third kappa shape index (κ3) is 11.3. The van der Waals surface area contributed by atoms with Gasteiger partial charge in [0, 0.05) is 31.8 Å². The van der Waals surface area contributed by atoms with Crippen molar-refractivity contribution in [2.45, 2.75) is 92.8 Å². The van der Waals surface area contributed by atoms with Crippen molar-refractivity contribution in [2.75, 3.05) is 19.6 Å². The summed E-state index contributed by atoms with van der Waals surface area (Å²) in [6, 6.07) is 5.74. The lowest BCUT2D eigenvalue weighted by Crippen LogP contribution is -2.55. The highest BCUT2D eigenvalue weighted by Crippen LogP contribution is 2.23. The Morgan fingerprint density at radius 1 is 0.857 bits per heavy atom. The van der Waals surface area contributed by atoms with Gasteiger partial charge in [0.2, 0.25) is 23.5 Å². The highest BCUT2D eigenvalue weighted by Gasteiger charge is 2.34. The molecule has 4 amide bonds. The van der Waals surface area contributed by atoms with Crippen molar-refractivity contribution in [2.24, 2.45) is 10.8 Å². The Balaban J connectivity index is 1.81. The van der Waals surface area contributed by atoms with Crippen LogP contribution in [-0.2, 0) is 30.5 Å². The summed E-state index contributed by atoms with van der Waals surface area (Å²) in [7, 11) is 0. The highest BCUT2D eigenvalue weighted by molar-refractivity contribution is 6.38. The first kappa shape index (κ1) is 34.5. The van der Waals surface area contributed by atoms with Gasteiger partial charge in [0.1, 0.15) is 6.04 Å². The fourth-order valence-corrected chi connectivity index (χ4v) is 4.62. The van der Waals surface area contributed by atoms with Crippen LogP contribution in [-0.4, -0.2) is 66.0 Å². The number of amides is 4. The minimum Gasteiger partial charge on any atom is -0.372 e. The number of Topliss-reactive ketones (excluding diaryl/α,β-unsaturated/α-hetero) is 1. The van der Waals surface area contributed by atoms with Crippen molar-refractivity contribution in [1.82, 2.24) is 26.2 Å². The molecule has 0 aromatic heterocycles. The molecule has 1 aliphatic heterocycles. The second-order valence-electron chi connectivity index (χ2n) is 13.3. The lowest BCUT2D eigenvalue weighted by atomic mass is 9.85. The van der Waals surface area contributed by atoms with E-state index in [1.807, 2.05) is 65.8 Å². The average Bonchev–Trinajstić information content (AvgIpc) is 2.91. The third-order valence-corrected chi connectivity index (χ3v) is 7.02. The van der Waals surface area contributed by atoms with Crippen LogP contribution in [0.4, 0.5) is 0 Å². The van der Waals surface area contributed by atoms with Crippen LogP contribution in [0.2, 0.25) is 0 Å². The van der Waals surface area contributed by atoms with Gasteiger partial charge in [-0.2, -0.15) is 0 Å². The maximum absolute atomic E-state index is 12.8. The van der Waals surface area contributed by atoms with Crippen molar-refractivity contribution < 1.29 is 24.0 Å². The SMILES string of the molecule is C=C(c1ccc(CNC(=O)C(=O)C(C)NC(=O)CNC(=O)C(NC(=O)CC(C)(C)C)C(C)(C)C)cc1)N1CCCCC1. The van der Waals surface area contributed by atoms with Gasteiger partial charge in [-0.3, -0.25) is 24.0 Å². The summed E-state index contributed by atoms with van der Waals surface area (Å²) in [5.74, 6) is -3.02. The summed E-state index contributed by atoms with van der Waals surface area (Å²) in [6.45, 7) is 18.6. The molecule has 10 nitrogen and oxygen atoms in total. The average molecular weight is 584 g/mol. The molecular weight excluding hydrogens is 534 g/mol.